The lowest BCUT2D eigenvalue weighted by Crippen LogP contribution is -2.23. The first-order valence-electron chi connectivity index (χ1n) is 7.58. The van der Waals surface area contributed by atoms with Gasteiger partial charge >= 0.3 is 0 Å². The molecule has 1 heterocycles. The van der Waals surface area contributed by atoms with E-state index in [9.17, 15) is 4.79 Å². The van der Waals surface area contributed by atoms with Gasteiger partial charge in [0.05, 0.1) is 0 Å². The number of para-hydroxylation sites is 1. The first kappa shape index (κ1) is 18.5. The van der Waals surface area contributed by atoms with Gasteiger partial charge in [-0.3, -0.25) is 4.79 Å². The Morgan fingerprint density at radius 2 is 2.27 bits per heavy atom. The average molecular weight is 325 g/mol. The Balaban J connectivity index is 0.00000242. The first-order chi connectivity index (χ1) is 10.3. The zero-order chi connectivity index (χ0) is 14.9. The van der Waals surface area contributed by atoms with E-state index in [0.29, 0.717) is 25.5 Å². The van der Waals surface area contributed by atoms with Crippen LogP contribution in [0.25, 0.3) is 0 Å². The zero-order valence-electron chi connectivity index (χ0n) is 12.8. The van der Waals surface area contributed by atoms with Crippen LogP contribution in [0.4, 0.5) is 0 Å². The molecule has 0 aliphatic carbocycles. The maximum Gasteiger partial charge on any atom is 0.220 e. The third-order valence-corrected chi connectivity index (χ3v) is 3.75. The van der Waals surface area contributed by atoms with Crippen LogP contribution in [0.1, 0.15) is 24.8 Å². The van der Waals surface area contributed by atoms with E-state index in [4.69, 9.17) is 4.74 Å². The lowest BCUT2D eigenvalue weighted by Gasteiger charge is -2.12. The summed E-state index contributed by atoms with van der Waals surface area (Å²) in [4.78, 5) is 11.9. The molecule has 22 heavy (non-hydrogen) atoms. The normalized spacial score (nSPS) is 16.6. The molecule has 1 aliphatic heterocycles. The van der Waals surface area contributed by atoms with Crippen molar-refractivity contribution in [1.82, 2.24) is 10.6 Å². The largest absolute Gasteiger partial charge is 0.489 e. The van der Waals surface area contributed by atoms with Crippen molar-refractivity contribution in [3.63, 3.8) is 0 Å². The maximum absolute atomic E-state index is 11.9. The third-order valence-electron chi connectivity index (χ3n) is 3.75. The first-order valence-corrected chi connectivity index (χ1v) is 7.58. The molecule has 0 radical (unpaired) electrons. The number of hydrogen-bond acceptors (Lipinski definition) is 3. The lowest BCUT2D eigenvalue weighted by molar-refractivity contribution is -0.121. The summed E-state index contributed by atoms with van der Waals surface area (Å²) in [6.45, 7) is 6.75. The molecule has 122 valence electrons. The van der Waals surface area contributed by atoms with Crippen molar-refractivity contribution in [1.29, 1.82) is 0 Å². The van der Waals surface area contributed by atoms with Crippen LogP contribution >= 0.6 is 12.4 Å². The van der Waals surface area contributed by atoms with Gasteiger partial charge in [-0.05, 0) is 37.9 Å². The summed E-state index contributed by atoms with van der Waals surface area (Å²) in [5.41, 5.74) is 0.996. The van der Waals surface area contributed by atoms with Crippen molar-refractivity contribution >= 4 is 18.3 Å². The Bertz CT molecular complexity index is 473. The van der Waals surface area contributed by atoms with Crippen molar-refractivity contribution in [2.24, 2.45) is 5.92 Å². The van der Waals surface area contributed by atoms with E-state index in [1.54, 1.807) is 6.08 Å². The fraction of sp³-hybridized carbons (Fsp3) is 0.471. The number of rotatable bonds is 8. The van der Waals surface area contributed by atoms with Crippen molar-refractivity contribution < 1.29 is 9.53 Å². The van der Waals surface area contributed by atoms with Gasteiger partial charge < -0.3 is 15.4 Å². The van der Waals surface area contributed by atoms with Gasteiger partial charge in [-0.2, -0.15) is 0 Å². The fourth-order valence-corrected chi connectivity index (χ4v) is 2.52. The summed E-state index contributed by atoms with van der Waals surface area (Å²) in [5, 5.41) is 6.30. The molecule has 2 rings (SSSR count). The molecule has 2 N–H and O–H groups in total. The van der Waals surface area contributed by atoms with Crippen LogP contribution < -0.4 is 15.4 Å². The van der Waals surface area contributed by atoms with E-state index in [0.717, 1.165) is 30.8 Å². The Hall–Kier alpha value is -1.52. The highest BCUT2D eigenvalue weighted by atomic mass is 35.5. The van der Waals surface area contributed by atoms with E-state index >= 15 is 0 Å². The van der Waals surface area contributed by atoms with Gasteiger partial charge in [0.15, 0.2) is 0 Å². The van der Waals surface area contributed by atoms with Crippen molar-refractivity contribution in [2.45, 2.75) is 25.8 Å². The molecular weight excluding hydrogens is 300 g/mol. The van der Waals surface area contributed by atoms with Crippen LogP contribution in [0.2, 0.25) is 0 Å². The van der Waals surface area contributed by atoms with E-state index in [2.05, 4.69) is 17.2 Å². The number of benzene rings is 1. The molecule has 1 aliphatic rings. The quantitative estimate of drug-likeness (QED) is 0.723. The zero-order valence-corrected chi connectivity index (χ0v) is 13.7. The number of amides is 1. The Kier molecular flexibility index (Phi) is 8.63. The fourth-order valence-electron chi connectivity index (χ4n) is 2.52. The number of nitrogens with one attached hydrogen (secondary N) is 2. The minimum atomic E-state index is 0. The molecule has 0 aromatic heterocycles. The minimum absolute atomic E-state index is 0. The third kappa shape index (κ3) is 6.08. The average Bonchev–Trinajstić information content (AvgIpc) is 3.03. The number of carbonyl (C=O) groups is 1. The molecular formula is C17H25ClN2O2. The summed E-state index contributed by atoms with van der Waals surface area (Å²) < 4.78 is 5.58. The minimum Gasteiger partial charge on any atom is -0.489 e. The Morgan fingerprint density at radius 1 is 1.45 bits per heavy atom. The van der Waals surface area contributed by atoms with Gasteiger partial charge in [0.25, 0.3) is 0 Å². The van der Waals surface area contributed by atoms with E-state index in [1.807, 2.05) is 24.3 Å². The molecule has 1 amide bonds. The van der Waals surface area contributed by atoms with E-state index in [-0.39, 0.29) is 18.3 Å². The Morgan fingerprint density at radius 3 is 3.00 bits per heavy atom. The molecule has 1 fully saturated rings. The SMILES string of the molecule is C=CCOc1ccccc1CNC(=O)CCC1CCNC1.Cl. The van der Waals surface area contributed by atoms with Crippen LogP contribution in [0.15, 0.2) is 36.9 Å². The van der Waals surface area contributed by atoms with Crippen LogP contribution in [0, 0.1) is 5.92 Å². The molecule has 1 unspecified atom stereocenters. The summed E-state index contributed by atoms with van der Waals surface area (Å²) in [7, 11) is 0. The molecule has 1 aromatic carbocycles. The summed E-state index contributed by atoms with van der Waals surface area (Å²) in [6.07, 6.45) is 4.46. The highest BCUT2D eigenvalue weighted by Crippen LogP contribution is 2.18. The maximum atomic E-state index is 11.9. The topological polar surface area (TPSA) is 50.4 Å². The predicted molar refractivity (Wildman–Crippen MR) is 91.4 cm³/mol. The molecule has 4 nitrogen and oxygen atoms in total. The van der Waals surface area contributed by atoms with Gasteiger partial charge in [-0.15, -0.1) is 12.4 Å². The number of ether oxygens (including phenoxy) is 1. The highest BCUT2D eigenvalue weighted by molar-refractivity contribution is 5.85. The second-order valence-corrected chi connectivity index (χ2v) is 5.38. The second-order valence-electron chi connectivity index (χ2n) is 5.38. The molecule has 1 atom stereocenters. The highest BCUT2D eigenvalue weighted by Gasteiger charge is 2.15. The van der Waals surface area contributed by atoms with Gasteiger partial charge in [0.1, 0.15) is 12.4 Å². The smallest absolute Gasteiger partial charge is 0.220 e. The molecule has 0 saturated carbocycles. The van der Waals surface area contributed by atoms with Crippen LogP contribution in [0.3, 0.4) is 0 Å². The predicted octanol–water partition coefficient (Wildman–Crippen LogP) is 2.68. The molecule has 1 aromatic rings. The van der Waals surface area contributed by atoms with Gasteiger partial charge in [-0.25, -0.2) is 0 Å². The summed E-state index contributed by atoms with van der Waals surface area (Å²) in [5.74, 6) is 1.57. The van der Waals surface area contributed by atoms with E-state index < -0.39 is 0 Å². The molecule has 0 bridgehead atoms. The molecule has 1 saturated heterocycles. The number of carbonyl (C=O) groups excluding carboxylic acids is 1. The lowest BCUT2D eigenvalue weighted by atomic mass is 10.0. The molecule has 5 heteroatoms. The van der Waals surface area contributed by atoms with Crippen LogP contribution in [-0.2, 0) is 11.3 Å². The van der Waals surface area contributed by atoms with E-state index in [1.165, 1.54) is 6.42 Å². The standard InChI is InChI=1S/C17H24N2O2.ClH/c1-2-11-21-16-6-4-3-5-15(16)13-19-17(20)8-7-14-9-10-18-12-14;/h2-6,14,18H,1,7-13H2,(H,19,20);1H. The van der Waals surface area contributed by atoms with Gasteiger partial charge in [0, 0.05) is 18.5 Å². The summed E-state index contributed by atoms with van der Waals surface area (Å²) >= 11 is 0. The second kappa shape index (κ2) is 10.2. The van der Waals surface area contributed by atoms with Crippen LogP contribution in [-0.4, -0.2) is 25.6 Å². The van der Waals surface area contributed by atoms with Crippen LogP contribution in [0.5, 0.6) is 5.75 Å². The number of halogens is 1. The number of hydrogen-bond donors (Lipinski definition) is 2. The van der Waals surface area contributed by atoms with Crippen molar-refractivity contribution in [3.8, 4) is 5.75 Å². The monoisotopic (exact) mass is 324 g/mol. The Labute approximate surface area is 138 Å². The van der Waals surface area contributed by atoms with Crippen molar-refractivity contribution in [3.05, 3.63) is 42.5 Å². The van der Waals surface area contributed by atoms with Crippen molar-refractivity contribution in [2.75, 3.05) is 19.7 Å². The summed E-state index contributed by atoms with van der Waals surface area (Å²) in [6, 6.07) is 7.76. The molecule has 0 spiro atoms. The van der Waals surface area contributed by atoms with Gasteiger partial charge in [-0.1, -0.05) is 30.9 Å². The van der Waals surface area contributed by atoms with Gasteiger partial charge in [0.2, 0.25) is 5.91 Å².